The Labute approximate surface area is 330 Å². The van der Waals surface area contributed by atoms with Gasteiger partial charge in [0.15, 0.2) is 18.1 Å². The molecule has 0 unspecified atom stereocenters. The first-order chi connectivity index (χ1) is 27.2. The number of nitrogens with zero attached hydrogens (tertiary/aromatic N) is 1. The molecular weight excluding hydrogens is 740 g/mol. The lowest BCUT2D eigenvalue weighted by molar-refractivity contribution is -0.135. The van der Waals surface area contributed by atoms with Gasteiger partial charge in [-0.15, -0.1) is 0 Å². The molecule has 3 atom stereocenters. The van der Waals surface area contributed by atoms with Crippen LogP contribution in [0.15, 0.2) is 60.7 Å². The zero-order valence-corrected chi connectivity index (χ0v) is 32.6. The van der Waals surface area contributed by atoms with Gasteiger partial charge >= 0.3 is 0 Å². The van der Waals surface area contributed by atoms with Crippen LogP contribution >= 0.6 is 0 Å². The first-order valence-electron chi connectivity index (χ1n) is 18.4. The minimum absolute atomic E-state index is 0.0546. The minimum Gasteiger partial charge on any atom is -0.496 e. The van der Waals surface area contributed by atoms with Crippen LogP contribution in [-0.2, 0) is 25.7 Å². The van der Waals surface area contributed by atoms with Gasteiger partial charge in [0.05, 0.1) is 39.0 Å². The van der Waals surface area contributed by atoms with Crippen molar-refractivity contribution in [2.45, 2.75) is 58.3 Å². The highest BCUT2D eigenvalue weighted by molar-refractivity contribution is 5.98. The molecule has 1 aliphatic rings. The van der Waals surface area contributed by atoms with E-state index < -0.39 is 72.7 Å². The van der Waals surface area contributed by atoms with Crippen LogP contribution in [-0.4, -0.2) is 104 Å². The van der Waals surface area contributed by atoms with Gasteiger partial charge < -0.3 is 56.0 Å². The van der Waals surface area contributed by atoms with E-state index in [2.05, 4.69) is 21.3 Å². The molecule has 7 N–H and O–H groups in total. The Hall–Kier alpha value is -6.36. The molecule has 0 aliphatic carbocycles. The van der Waals surface area contributed by atoms with Gasteiger partial charge in [0.2, 0.25) is 17.7 Å². The number of aliphatic hydroxyl groups is 1. The second-order valence-electron chi connectivity index (χ2n) is 13.6. The van der Waals surface area contributed by atoms with E-state index in [1.165, 1.54) is 56.4 Å². The highest BCUT2D eigenvalue weighted by Crippen LogP contribution is 2.37. The molecule has 0 aromatic heterocycles. The number of carbonyl (C=O) groups is 6. The molecular formula is C40H50N6O11. The van der Waals surface area contributed by atoms with E-state index in [0.29, 0.717) is 35.7 Å². The summed E-state index contributed by atoms with van der Waals surface area (Å²) in [7, 11) is 2.92. The lowest BCUT2D eigenvalue weighted by Crippen LogP contribution is -2.59. The molecule has 0 spiro atoms. The van der Waals surface area contributed by atoms with Crippen LogP contribution in [0, 0.1) is 5.92 Å². The Morgan fingerprint density at radius 2 is 1.61 bits per heavy atom. The molecule has 0 fully saturated rings. The summed E-state index contributed by atoms with van der Waals surface area (Å²) in [5.74, 6) is -2.82. The monoisotopic (exact) mass is 790 g/mol. The van der Waals surface area contributed by atoms with Crippen molar-refractivity contribution >= 4 is 35.4 Å². The zero-order valence-electron chi connectivity index (χ0n) is 32.6. The lowest BCUT2D eigenvalue weighted by atomic mass is 10.0. The van der Waals surface area contributed by atoms with Crippen LogP contribution in [0.2, 0.25) is 0 Å². The van der Waals surface area contributed by atoms with E-state index in [0.717, 1.165) is 0 Å². The number of benzene rings is 3. The maximum Gasteiger partial charge on any atom is 0.255 e. The Balaban J connectivity index is 1.68. The Bertz CT molecular complexity index is 1940. The van der Waals surface area contributed by atoms with Crippen LogP contribution in [0.4, 0.5) is 0 Å². The van der Waals surface area contributed by atoms with E-state index in [-0.39, 0.29) is 42.3 Å². The van der Waals surface area contributed by atoms with Gasteiger partial charge in [-0.1, -0.05) is 26.0 Å². The molecule has 1 aliphatic heterocycles. The van der Waals surface area contributed by atoms with Crippen LogP contribution in [0.25, 0.3) is 0 Å². The molecule has 3 aromatic carbocycles. The molecule has 4 rings (SSSR count). The Kier molecular flexibility index (Phi) is 15.6. The third kappa shape index (κ3) is 12.1. The van der Waals surface area contributed by atoms with Gasteiger partial charge in [0.25, 0.3) is 17.7 Å². The predicted molar refractivity (Wildman–Crippen MR) is 207 cm³/mol. The molecule has 0 saturated heterocycles. The average Bonchev–Trinajstić information content (AvgIpc) is 3.18. The van der Waals surface area contributed by atoms with E-state index >= 15 is 0 Å². The number of fused-ring (bicyclic) bond motifs is 3. The summed E-state index contributed by atoms with van der Waals surface area (Å²) in [4.78, 5) is 80.4. The number of amides is 6. The van der Waals surface area contributed by atoms with Gasteiger partial charge in [-0.2, -0.15) is 0 Å². The second-order valence-corrected chi connectivity index (χ2v) is 13.6. The maximum atomic E-state index is 13.8. The van der Waals surface area contributed by atoms with Crippen LogP contribution < -0.4 is 45.9 Å². The molecule has 1 heterocycles. The molecule has 57 heavy (non-hydrogen) atoms. The topological polar surface area (TPSA) is 237 Å². The highest BCUT2D eigenvalue weighted by atomic mass is 16.5. The molecule has 17 heteroatoms. The minimum atomic E-state index is -1.50. The van der Waals surface area contributed by atoms with Gasteiger partial charge in [0.1, 0.15) is 29.3 Å². The Morgan fingerprint density at radius 3 is 2.30 bits per heavy atom. The molecule has 0 saturated carbocycles. The van der Waals surface area contributed by atoms with Crippen molar-refractivity contribution in [1.29, 1.82) is 0 Å². The summed E-state index contributed by atoms with van der Waals surface area (Å²) < 4.78 is 22.7. The number of ether oxygens (including phenoxy) is 4. The smallest absolute Gasteiger partial charge is 0.255 e. The van der Waals surface area contributed by atoms with Crippen molar-refractivity contribution < 1.29 is 52.8 Å². The zero-order chi connectivity index (χ0) is 41.6. The van der Waals surface area contributed by atoms with Crippen LogP contribution in [0.5, 0.6) is 28.7 Å². The van der Waals surface area contributed by atoms with Crippen molar-refractivity contribution in [3.05, 3.63) is 77.4 Å². The number of hydrogen-bond donors (Lipinski definition) is 6. The number of rotatable bonds is 8. The van der Waals surface area contributed by atoms with Gasteiger partial charge in [-0.3, -0.25) is 28.8 Å². The van der Waals surface area contributed by atoms with Gasteiger partial charge in [-0.25, -0.2) is 0 Å². The molecule has 6 amide bonds. The SMILES string of the molecule is COc1ccc2cc1Oc1cccc(OC)c1CNC(=O)[C@@H](C(C)C)NC(=O)[C@H]([C@@H](C)O)NC(=O)CN(C(=O)c1cccc(OCC(N)=O)c1)CCCCNC2=O. The van der Waals surface area contributed by atoms with Crippen molar-refractivity contribution in [1.82, 2.24) is 26.2 Å². The molecule has 3 aromatic rings. The molecule has 17 nitrogen and oxygen atoms in total. The number of nitrogens with one attached hydrogen (secondary N) is 4. The first kappa shape index (κ1) is 43.4. The quantitative estimate of drug-likeness (QED) is 0.192. The van der Waals surface area contributed by atoms with Crippen molar-refractivity contribution in [3.63, 3.8) is 0 Å². The van der Waals surface area contributed by atoms with Crippen molar-refractivity contribution in [2.75, 3.05) is 40.5 Å². The lowest BCUT2D eigenvalue weighted by Gasteiger charge is -2.28. The number of methoxy groups -OCH3 is 2. The van der Waals surface area contributed by atoms with Crippen molar-refractivity contribution in [3.8, 4) is 28.7 Å². The Morgan fingerprint density at radius 1 is 0.877 bits per heavy atom. The van der Waals surface area contributed by atoms with E-state index in [1.807, 2.05) is 0 Å². The van der Waals surface area contributed by atoms with E-state index in [4.69, 9.17) is 24.7 Å². The van der Waals surface area contributed by atoms with Gasteiger partial charge in [-0.05, 0) is 74.2 Å². The largest absolute Gasteiger partial charge is 0.496 e. The number of primary amides is 1. The first-order valence-corrected chi connectivity index (χ1v) is 18.4. The van der Waals surface area contributed by atoms with E-state index in [1.54, 1.807) is 44.2 Å². The standard InChI is InChI=1S/C40H50N6O11/c1-23(2)35-38(51)43-20-28-29(54-4)12-9-13-30(28)57-32-19-25(14-15-31(32)55-5)37(50)42-16-6-7-17-46(21-34(49)44-36(24(3)47)39(52)45-35)40(53)26-10-8-11-27(18-26)56-22-33(41)48/h8-15,18-19,23-24,35-36,47H,6-7,16-17,20-22H2,1-5H3,(H2,41,48)(H,42,50)(H,43,51)(H,44,49)(H,45,52)/t24-,35-,36+/m1/s1. The predicted octanol–water partition coefficient (Wildman–Crippen LogP) is 1.65. The number of hydrogen-bond acceptors (Lipinski definition) is 11. The second kappa shape index (κ2) is 20.5. The fraction of sp³-hybridized carbons (Fsp3) is 0.400. The fourth-order valence-corrected chi connectivity index (χ4v) is 5.92. The molecule has 306 valence electrons. The number of carbonyl (C=O) groups excluding carboxylic acids is 6. The average molecular weight is 791 g/mol. The van der Waals surface area contributed by atoms with Crippen LogP contribution in [0.1, 0.15) is 59.9 Å². The summed E-state index contributed by atoms with van der Waals surface area (Å²) in [5, 5.41) is 21.5. The third-order valence-electron chi connectivity index (χ3n) is 8.95. The van der Waals surface area contributed by atoms with Crippen LogP contribution in [0.3, 0.4) is 0 Å². The van der Waals surface area contributed by atoms with E-state index in [9.17, 15) is 33.9 Å². The summed E-state index contributed by atoms with van der Waals surface area (Å²) >= 11 is 0. The number of nitrogens with two attached hydrogens (primary N) is 1. The summed E-state index contributed by atoms with van der Waals surface area (Å²) in [6, 6.07) is 13.1. The summed E-state index contributed by atoms with van der Waals surface area (Å²) in [6.07, 6.45) is -0.644. The summed E-state index contributed by atoms with van der Waals surface area (Å²) in [5.41, 5.74) is 6.06. The maximum absolute atomic E-state index is 13.8. The molecule has 0 radical (unpaired) electrons. The number of aliphatic hydroxyl groups excluding tert-OH is 1. The third-order valence-corrected chi connectivity index (χ3v) is 8.95. The molecule has 2 bridgehead atoms. The normalized spacial score (nSPS) is 18.1. The highest BCUT2D eigenvalue weighted by Gasteiger charge is 2.32. The van der Waals surface area contributed by atoms with Crippen molar-refractivity contribution in [2.24, 2.45) is 11.7 Å². The fourth-order valence-electron chi connectivity index (χ4n) is 5.92. The summed E-state index contributed by atoms with van der Waals surface area (Å²) in [6.45, 7) is 3.99. The van der Waals surface area contributed by atoms with Gasteiger partial charge in [0, 0.05) is 24.2 Å².